The molecule has 1 aromatic rings. The highest BCUT2D eigenvalue weighted by molar-refractivity contribution is 9.10. The van der Waals surface area contributed by atoms with Crippen LogP contribution in [0, 0.1) is 6.92 Å². The third-order valence-corrected chi connectivity index (χ3v) is 4.83. The lowest BCUT2D eigenvalue weighted by Gasteiger charge is -2.30. The van der Waals surface area contributed by atoms with Crippen LogP contribution in [0.3, 0.4) is 0 Å². The maximum atomic E-state index is 3.64. The van der Waals surface area contributed by atoms with Crippen LogP contribution in [0.15, 0.2) is 22.7 Å². The van der Waals surface area contributed by atoms with Gasteiger partial charge in [0.1, 0.15) is 0 Å². The lowest BCUT2D eigenvalue weighted by molar-refractivity contribution is 0.226. The van der Waals surface area contributed by atoms with Crippen molar-refractivity contribution in [3.8, 4) is 0 Å². The van der Waals surface area contributed by atoms with Gasteiger partial charge in [0.2, 0.25) is 0 Å². The first-order valence-electron chi connectivity index (χ1n) is 7.40. The van der Waals surface area contributed by atoms with Crippen LogP contribution in [-0.2, 0) is 6.54 Å². The van der Waals surface area contributed by atoms with E-state index in [0.29, 0.717) is 6.04 Å². The van der Waals surface area contributed by atoms with Crippen molar-refractivity contribution < 1.29 is 0 Å². The molecule has 1 heterocycles. The summed E-state index contributed by atoms with van der Waals surface area (Å²) >= 11 is 3.63. The van der Waals surface area contributed by atoms with Crippen LogP contribution in [0.2, 0.25) is 0 Å². The molecule has 0 aromatic heterocycles. The highest BCUT2D eigenvalue weighted by atomic mass is 79.9. The van der Waals surface area contributed by atoms with Crippen molar-refractivity contribution in [1.82, 2.24) is 10.2 Å². The number of halogens is 1. The first-order valence-corrected chi connectivity index (χ1v) is 8.19. The Morgan fingerprint density at radius 2 is 2.21 bits per heavy atom. The van der Waals surface area contributed by atoms with Crippen LogP contribution >= 0.6 is 15.9 Å². The van der Waals surface area contributed by atoms with Crippen molar-refractivity contribution in [3.63, 3.8) is 0 Å². The van der Waals surface area contributed by atoms with Gasteiger partial charge in [-0.3, -0.25) is 4.90 Å². The predicted molar refractivity (Wildman–Crippen MR) is 85.5 cm³/mol. The number of hydrogen-bond donors (Lipinski definition) is 1. The molecule has 106 valence electrons. The Labute approximate surface area is 125 Å². The van der Waals surface area contributed by atoms with Gasteiger partial charge in [-0.05, 0) is 50.0 Å². The molecular formula is C16H25BrN2. The Morgan fingerprint density at radius 1 is 1.37 bits per heavy atom. The molecule has 1 aliphatic heterocycles. The molecule has 0 radical (unpaired) electrons. The Kier molecular flexibility index (Phi) is 5.86. The number of rotatable bonds is 5. The van der Waals surface area contributed by atoms with Crippen molar-refractivity contribution in [2.45, 2.75) is 45.7 Å². The van der Waals surface area contributed by atoms with E-state index in [-0.39, 0.29) is 0 Å². The van der Waals surface area contributed by atoms with Gasteiger partial charge in [-0.2, -0.15) is 0 Å². The largest absolute Gasteiger partial charge is 0.313 e. The van der Waals surface area contributed by atoms with Crippen molar-refractivity contribution in [2.75, 3.05) is 19.6 Å². The van der Waals surface area contributed by atoms with E-state index in [1.807, 2.05) is 0 Å². The first kappa shape index (κ1) is 15.0. The molecule has 1 N–H and O–H groups in total. The van der Waals surface area contributed by atoms with Gasteiger partial charge in [-0.25, -0.2) is 0 Å². The fourth-order valence-corrected chi connectivity index (χ4v) is 3.12. The van der Waals surface area contributed by atoms with E-state index < -0.39 is 0 Å². The average Bonchev–Trinajstić information content (AvgIpc) is 2.43. The van der Waals surface area contributed by atoms with Gasteiger partial charge in [0.05, 0.1) is 0 Å². The summed E-state index contributed by atoms with van der Waals surface area (Å²) in [6.07, 6.45) is 4.05. The fourth-order valence-electron chi connectivity index (χ4n) is 2.69. The lowest BCUT2D eigenvalue weighted by Crippen LogP contribution is -2.43. The second kappa shape index (κ2) is 7.41. The number of likely N-dealkylation sites (N-methyl/N-ethyl adjacent to an activating group) is 1. The van der Waals surface area contributed by atoms with Crippen LogP contribution < -0.4 is 5.32 Å². The van der Waals surface area contributed by atoms with Gasteiger partial charge >= 0.3 is 0 Å². The molecule has 0 aliphatic carbocycles. The van der Waals surface area contributed by atoms with Gasteiger partial charge in [0, 0.05) is 23.6 Å². The number of aryl methyl sites for hydroxylation is 1. The van der Waals surface area contributed by atoms with Crippen molar-refractivity contribution in [2.24, 2.45) is 0 Å². The number of nitrogens with one attached hydrogen (secondary N) is 1. The summed E-state index contributed by atoms with van der Waals surface area (Å²) in [4.78, 5) is 2.54. The summed E-state index contributed by atoms with van der Waals surface area (Å²) in [5.74, 6) is 0. The second-order valence-electron chi connectivity index (χ2n) is 5.56. The quantitative estimate of drug-likeness (QED) is 0.888. The molecule has 1 fully saturated rings. The molecule has 0 amide bonds. The molecule has 0 saturated carbocycles. The third-order valence-electron chi connectivity index (χ3n) is 3.98. The topological polar surface area (TPSA) is 15.3 Å². The maximum absolute atomic E-state index is 3.64. The van der Waals surface area contributed by atoms with E-state index >= 15 is 0 Å². The summed E-state index contributed by atoms with van der Waals surface area (Å²) in [6, 6.07) is 7.39. The van der Waals surface area contributed by atoms with E-state index in [4.69, 9.17) is 0 Å². The van der Waals surface area contributed by atoms with Gasteiger partial charge in [-0.1, -0.05) is 41.4 Å². The predicted octanol–water partition coefficient (Wildman–Crippen LogP) is 3.72. The molecule has 0 bridgehead atoms. The number of nitrogens with zero attached hydrogens (tertiary/aromatic N) is 1. The second-order valence-corrected chi connectivity index (χ2v) is 6.41. The minimum atomic E-state index is 0.683. The van der Waals surface area contributed by atoms with Crippen molar-refractivity contribution in [3.05, 3.63) is 33.8 Å². The van der Waals surface area contributed by atoms with E-state index in [9.17, 15) is 0 Å². The zero-order valence-corrected chi connectivity index (χ0v) is 13.7. The molecule has 1 saturated heterocycles. The van der Waals surface area contributed by atoms with Crippen molar-refractivity contribution in [1.29, 1.82) is 0 Å². The van der Waals surface area contributed by atoms with Crippen LogP contribution in [0.1, 0.15) is 37.3 Å². The van der Waals surface area contributed by atoms with E-state index in [1.165, 1.54) is 48.0 Å². The molecule has 2 rings (SSSR count). The number of hydrogen-bond acceptors (Lipinski definition) is 2. The Hall–Kier alpha value is -0.380. The molecule has 1 aliphatic rings. The normalized spacial score (nSPS) is 19.9. The number of benzene rings is 1. The molecule has 1 aromatic carbocycles. The molecule has 1 unspecified atom stereocenters. The van der Waals surface area contributed by atoms with Gasteiger partial charge in [0.15, 0.2) is 0 Å². The Balaban J connectivity index is 1.92. The number of piperidine rings is 1. The van der Waals surface area contributed by atoms with Crippen LogP contribution in [0.5, 0.6) is 0 Å². The monoisotopic (exact) mass is 324 g/mol. The third kappa shape index (κ3) is 4.59. The minimum absolute atomic E-state index is 0.683. The van der Waals surface area contributed by atoms with E-state index in [2.05, 4.69) is 58.2 Å². The van der Waals surface area contributed by atoms with Gasteiger partial charge in [-0.15, -0.1) is 0 Å². The molecule has 19 heavy (non-hydrogen) atoms. The van der Waals surface area contributed by atoms with Crippen LogP contribution in [0.4, 0.5) is 0 Å². The Bertz CT molecular complexity index is 400. The van der Waals surface area contributed by atoms with Gasteiger partial charge < -0.3 is 5.32 Å². The van der Waals surface area contributed by atoms with Crippen molar-refractivity contribution >= 4 is 15.9 Å². The summed E-state index contributed by atoms with van der Waals surface area (Å²) in [6.45, 7) is 8.92. The molecule has 1 atom stereocenters. The molecule has 0 spiro atoms. The summed E-state index contributed by atoms with van der Waals surface area (Å²) < 4.78 is 1.22. The summed E-state index contributed by atoms with van der Waals surface area (Å²) in [5, 5.41) is 3.64. The zero-order valence-electron chi connectivity index (χ0n) is 12.1. The fraction of sp³-hybridized carbons (Fsp3) is 0.625. The first-order chi connectivity index (χ1) is 9.19. The highest BCUT2D eigenvalue weighted by Crippen LogP contribution is 2.19. The summed E-state index contributed by atoms with van der Waals surface area (Å²) in [5.41, 5.74) is 2.70. The smallest absolute Gasteiger partial charge is 0.0234 e. The molecular weight excluding hydrogens is 300 g/mol. The minimum Gasteiger partial charge on any atom is -0.313 e. The molecule has 3 heteroatoms. The van der Waals surface area contributed by atoms with Gasteiger partial charge in [0.25, 0.3) is 0 Å². The van der Waals surface area contributed by atoms with E-state index in [1.54, 1.807) is 0 Å². The van der Waals surface area contributed by atoms with Crippen LogP contribution in [-0.4, -0.2) is 30.6 Å². The average molecular weight is 325 g/mol. The SMILES string of the molecule is CCN(Cc1ccc(C)c(Br)c1)CC1CCCCN1. The molecule has 2 nitrogen and oxygen atoms in total. The highest BCUT2D eigenvalue weighted by Gasteiger charge is 2.16. The van der Waals surface area contributed by atoms with Crippen LogP contribution in [0.25, 0.3) is 0 Å². The lowest BCUT2D eigenvalue weighted by atomic mass is 10.0. The summed E-state index contributed by atoms with van der Waals surface area (Å²) in [7, 11) is 0. The Morgan fingerprint density at radius 3 is 2.84 bits per heavy atom. The zero-order chi connectivity index (χ0) is 13.7. The van der Waals surface area contributed by atoms with E-state index in [0.717, 1.165) is 13.1 Å². The standard InChI is InChI=1S/C16H25BrN2/c1-3-19(12-15-6-4-5-9-18-15)11-14-8-7-13(2)16(17)10-14/h7-8,10,15,18H,3-6,9,11-12H2,1-2H3. The maximum Gasteiger partial charge on any atom is 0.0234 e.